The number of hydrogen-bond acceptors (Lipinski definition) is 1. The molecule has 0 spiro atoms. The second-order valence-electron chi connectivity index (χ2n) is 2.76. The summed E-state index contributed by atoms with van der Waals surface area (Å²) in [6, 6.07) is 0.325. The molecule has 0 saturated heterocycles. The van der Waals surface area contributed by atoms with Crippen molar-refractivity contribution < 1.29 is 22.0 Å². The molecule has 0 aliphatic heterocycles. The van der Waals surface area contributed by atoms with E-state index in [9.17, 15) is 22.0 Å². The molecule has 0 aliphatic carbocycles. The van der Waals surface area contributed by atoms with E-state index in [2.05, 4.69) is 0 Å². The number of benzene rings is 1. The van der Waals surface area contributed by atoms with Crippen LogP contribution >= 0.6 is 0 Å². The monoisotopic (exact) mass is 211 g/mol. The lowest BCUT2D eigenvalue weighted by Crippen LogP contribution is -2.13. The smallest absolute Gasteiger partial charge is 0.396 e. The zero-order chi connectivity index (χ0) is 11.1. The van der Waals surface area contributed by atoms with Gasteiger partial charge >= 0.3 is 6.18 Å². The second kappa shape index (κ2) is 3.11. The van der Waals surface area contributed by atoms with Crippen molar-refractivity contribution in [2.24, 2.45) is 0 Å². The first-order valence-corrected chi connectivity index (χ1v) is 3.56. The van der Waals surface area contributed by atoms with Crippen LogP contribution < -0.4 is 5.73 Å². The van der Waals surface area contributed by atoms with E-state index in [1.54, 1.807) is 0 Å². The largest absolute Gasteiger partial charge is 0.419 e. The van der Waals surface area contributed by atoms with Gasteiger partial charge in [0, 0.05) is 11.6 Å². The molecule has 2 N–H and O–H groups in total. The van der Waals surface area contributed by atoms with Crippen LogP contribution in [-0.4, -0.2) is 0 Å². The van der Waals surface area contributed by atoms with Crippen LogP contribution in [0.25, 0.3) is 0 Å². The first-order chi connectivity index (χ1) is 6.25. The van der Waals surface area contributed by atoms with Crippen molar-refractivity contribution in [3.05, 3.63) is 28.8 Å². The Morgan fingerprint density at radius 3 is 2.14 bits per heavy atom. The SMILES string of the molecule is Cc1c(F)c(N)cc(F)c1C(F)(F)F. The van der Waals surface area contributed by atoms with E-state index in [0.717, 1.165) is 6.92 Å². The Bertz CT molecular complexity index is 369. The Labute approximate surface area is 76.3 Å². The highest BCUT2D eigenvalue weighted by molar-refractivity contribution is 5.48. The Morgan fingerprint density at radius 2 is 1.71 bits per heavy atom. The molecule has 0 aromatic heterocycles. The van der Waals surface area contributed by atoms with Crippen LogP contribution in [0.15, 0.2) is 6.07 Å². The van der Waals surface area contributed by atoms with E-state index in [-0.39, 0.29) is 0 Å². The van der Waals surface area contributed by atoms with Gasteiger partial charge in [-0.3, -0.25) is 0 Å². The van der Waals surface area contributed by atoms with Gasteiger partial charge < -0.3 is 5.73 Å². The molecule has 0 amide bonds. The summed E-state index contributed by atoms with van der Waals surface area (Å²) >= 11 is 0. The molecule has 0 saturated carbocycles. The lowest BCUT2D eigenvalue weighted by molar-refractivity contribution is -0.140. The van der Waals surface area contributed by atoms with E-state index in [0.29, 0.717) is 6.07 Å². The van der Waals surface area contributed by atoms with Gasteiger partial charge in [0.05, 0.1) is 11.3 Å². The van der Waals surface area contributed by atoms with Crippen molar-refractivity contribution >= 4 is 5.69 Å². The van der Waals surface area contributed by atoms with Gasteiger partial charge in [-0.2, -0.15) is 13.2 Å². The summed E-state index contributed by atoms with van der Waals surface area (Å²) in [5.74, 6) is -2.80. The highest BCUT2D eigenvalue weighted by Gasteiger charge is 2.37. The van der Waals surface area contributed by atoms with Crippen LogP contribution in [0.1, 0.15) is 11.1 Å². The first-order valence-electron chi connectivity index (χ1n) is 3.56. The van der Waals surface area contributed by atoms with E-state index < -0.39 is 34.6 Å². The predicted molar refractivity (Wildman–Crippen MR) is 40.5 cm³/mol. The zero-order valence-corrected chi connectivity index (χ0v) is 7.04. The highest BCUT2D eigenvalue weighted by atomic mass is 19.4. The third-order valence-electron chi connectivity index (χ3n) is 1.76. The molecule has 1 rings (SSSR count). The normalized spacial score (nSPS) is 11.9. The van der Waals surface area contributed by atoms with Crippen LogP contribution in [0.3, 0.4) is 0 Å². The third-order valence-corrected chi connectivity index (χ3v) is 1.76. The van der Waals surface area contributed by atoms with Crippen LogP contribution in [0, 0.1) is 18.6 Å². The van der Waals surface area contributed by atoms with E-state index in [1.807, 2.05) is 0 Å². The van der Waals surface area contributed by atoms with Crippen LogP contribution in [0.5, 0.6) is 0 Å². The first kappa shape index (κ1) is 10.7. The molecule has 6 heteroatoms. The highest BCUT2D eigenvalue weighted by Crippen LogP contribution is 2.36. The fourth-order valence-corrected chi connectivity index (χ4v) is 1.13. The summed E-state index contributed by atoms with van der Waals surface area (Å²) in [6.45, 7) is 0.831. The minimum atomic E-state index is -4.91. The predicted octanol–water partition coefficient (Wildman–Crippen LogP) is 2.87. The molecule has 14 heavy (non-hydrogen) atoms. The fraction of sp³-hybridized carbons (Fsp3) is 0.250. The lowest BCUT2D eigenvalue weighted by atomic mass is 10.1. The average molecular weight is 211 g/mol. The lowest BCUT2D eigenvalue weighted by Gasteiger charge is -2.12. The fourth-order valence-electron chi connectivity index (χ4n) is 1.13. The average Bonchev–Trinajstić information content (AvgIpc) is 1.97. The van der Waals surface area contributed by atoms with E-state index in [1.165, 1.54) is 0 Å². The quantitative estimate of drug-likeness (QED) is 0.518. The molecule has 0 fully saturated rings. The standard InChI is InChI=1S/C8H6F5N/c1-3-6(8(11,12)13)4(9)2-5(14)7(3)10/h2H,14H2,1H3. The maximum atomic E-state index is 12.9. The maximum absolute atomic E-state index is 12.9. The van der Waals surface area contributed by atoms with Gasteiger partial charge in [0.2, 0.25) is 0 Å². The number of rotatable bonds is 0. The molecule has 0 atom stereocenters. The van der Waals surface area contributed by atoms with Gasteiger partial charge in [0.25, 0.3) is 0 Å². The van der Waals surface area contributed by atoms with Crippen molar-refractivity contribution in [3.63, 3.8) is 0 Å². The van der Waals surface area contributed by atoms with Crippen LogP contribution in [-0.2, 0) is 6.18 Å². The summed E-state index contributed by atoms with van der Waals surface area (Å²) in [5.41, 5.74) is 1.89. The number of nitrogen functional groups attached to an aromatic ring is 1. The summed E-state index contributed by atoms with van der Waals surface area (Å²) in [7, 11) is 0. The van der Waals surface area contributed by atoms with Gasteiger partial charge in [0.1, 0.15) is 11.6 Å². The van der Waals surface area contributed by atoms with E-state index >= 15 is 0 Å². The van der Waals surface area contributed by atoms with Crippen molar-refractivity contribution in [2.45, 2.75) is 13.1 Å². The number of anilines is 1. The molecule has 1 aromatic rings. The summed E-state index contributed by atoms with van der Waals surface area (Å²) in [6.07, 6.45) is -4.91. The Balaban J connectivity index is 3.53. The number of alkyl halides is 3. The molecule has 0 radical (unpaired) electrons. The number of hydrogen-bond donors (Lipinski definition) is 1. The number of nitrogens with two attached hydrogens (primary N) is 1. The Kier molecular flexibility index (Phi) is 2.39. The van der Waals surface area contributed by atoms with E-state index in [4.69, 9.17) is 5.73 Å². The summed E-state index contributed by atoms with van der Waals surface area (Å²) in [5, 5.41) is 0. The summed E-state index contributed by atoms with van der Waals surface area (Å²) < 4.78 is 62.3. The minimum absolute atomic E-state index is 0.325. The molecule has 1 aromatic carbocycles. The van der Waals surface area contributed by atoms with Crippen molar-refractivity contribution in [1.29, 1.82) is 0 Å². The molecule has 0 bridgehead atoms. The van der Waals surface area contributed by atoms with Gasteiger partial charge in [0.15, 0.2) is 0 Å². The maximum Gasteiger partial charge on any atom is 0.419 e. The summed E-state index contributed by atoms with van der Waals surface area (Å²) in [4.78, 5) is 0. The Hall–Kier alpha value is -1.33. The number of halogens is 5. The van der Waals surface area contributed by atoms with Crippen LogP contribution in [0.4, 0.5) is 27.6 Å². The van der Waals surface area contributed by atoms with Gasteiger partial charge in [-0.15, -0.1) is 0 Å². The van der Waals surface area contributed by atoms with Crippen molar-refractivity contribution in [3.8, 4) is 0 Å². The topological polar surface area (TPSA) is 26.0 Å². The van der Waals surface area contributed by atoms with Crippen molar-refractivity contribution in [2.75, 3.05) is 5.73 Å². The molecule has 1 nitrogen and oxygen atoms in total. The molecule has 0 aliphatic rings. The van der Waals surface area contributed by atoms with Crippen LogP contribution in [0.2, 0.25) is 0 Å². The molecule has 0 heterocycles. The van der Waals surface area contributed by atoms with Gasteiger partial charge in [-0.25, -0.2) is 8.78 Å². The zero-order valence-electron chi connectivity index (χ0n) is 7.04. The van der Waals surface area contributed by atoms with Gasteiger partial charge in [-0.1, -0.05) is 0 Å². The second-order valence-corrected chi connectivity index (χ2v) is 2.76. The molecular formula is C8H6F5N. The molecular weight excluding hydrogens is 205 g/mol. The third kappa shape index (κ3) is 1.64. The van der Waals surface area contributed by atoms with Crippen molar-refractivity contribution in [1.82, 2.24) is 0 Å². The molecule has 0 unspecified atom stereocenters. The Morgan fingerprint density at radius 1 is 1.21 bits per heavy atom. The minimum Gasteiger partial charge on any atom is -0.396 e. The molecule has 78 valence electrons. The van der Waals surface area contributed by atoms with Gasteiger partial charge in [-0.05, 0) is 6.92 Å².